The summed E-state index contributed by atoms with van der Waals surface area (Å²) in [6.45, 7) is 22.1. The first kappa shape index (κ1) is 24.9. The van der Waals surface area contributed by atoms with Gasteiger partial charge in [0, 0.05) is 12.3 Å². The average Bonchev–Trinajstić information content (AvgIpc) is 2.73. The molecule has 34 heavy (non-hydrogen) atoms. The van der Waals surface area contributed by atoms with Crippen molar-refractivity contribution in [1.29, 1.82) is 0 Å². The van der Waals surface area contributed by atoms with E-state index in [-0.39, 0.29) is 17.5 Å². The molecule has 4 fully saturated rings. The zero-order chi connectivity index (χ0) is 24.9. The molecule has 5 aliphatic carbocycles. The second-order valence-electron chi connectivity index (χ2n) is 15.8. The Labute approximate surface area is 210 Å². The first-order valence-corrected chi connectivity index (χ1v) is 14.5. The van der Waals surface area contributed by atoms with Crippen molar-refractivity contribution in [1.82, 2.24) is 0 Å². The highest BCUT2D eigenvalue weighted by atomic mass is 16.5. The Morgan fingerprint density at radius 3 is 2.12 bits per heavy atom. The minimum absolute atomic E-state index is 0.0250. The zero-order valence-corrected chi connectivity index (χ0v) is 23.8. The fraction of sp³-hybridized carbons (Fsp3) is 0.906. The zero-order valence-electron chi connectivity index (χ0n) is 23.8. The van der Waals surface area contributed by atoms with Crippen LogP contribution in [0.25, 0.3) is 0 Å². The topological polar surface area (TPSA) is 26.3 Å². The maximum atomic E-state index is 11.8. The van der Waals surface area contributed by atoms with Crippen LogP contribution < -0.4 is 0 Å². The molecule has 0 aromatic rings. The van der Waals surface area contributed by atoms with E-state index in [1.807, 2.05) is 0 Å². The second kappa shape index (κ2) is 7.38. The van der Waals surface area contributed by atoms with Crippen molar-refractivity contribution in [3.63, 3.8) is 0 Å². The number of esters is 1. The largest absolute Gasteiger partial charge is 0.462 e. The Balaban J connectivity index is 1.52. The van der Waals surface area contributed by atoms with Crippen LogP contribution in [0.3, 0.4) is 0 Å². The van der Waals surface area contributed by atoms with Crippen LogP contribution in [0.2, 0.25) is 0 Å². The minimum atomic E-state index is -0.126. The second-order valence-corrected chi connectivity index (χ2v) is 15.8. The van der Waals surface area contributed by atoms with Gasteiger partial charge >= 0.3 is 5.97 Å². The van der Waals surface area contributed by atoms with E-state index in [0.29, 0.717) is 33.0 Å². The summed E-state index contributed by atoms with van der Waals surface area (Å²) in [7, 11) is 0. The van der Waals surface area contributed by atoms with Gasteiger partial charge in [-0.05, 0) is 109 Å². The first-order valence-electron chi connectivity index (χ1n) is 14.5. The molecule has 2 heteroatoms. The molecule has 0 amide bonds. The lowest BCUT2D eigenvalue weighted by Gasteiger charge is -2.73. The van der Waals surface area contributed by atoms with Crippen LogP contribution in [0.5, 0.6) is 0 Å². The van der Waals surface area contributed by atoms with Crippen LogP contribution in [-0.2, 0) is 9.53 Å². The van der Waals surface area contributed by atoms with Gasteiger partial charge in [-0.15, -0.1) is 0 Å². The molecule has 4 saturated carbocycles. The highest BCUT2D eigenvalue weighted by molar-refractivity contribution is 5.66. The van der Waals surface area contributed by atoms with Crippen molar-refractivity contribution in [2.75, 3.05) is 0 Å². The summed E-state index contributed by atoms with van der Waals surface area (Å²) in [5.41, 5.74) is 3.81. The number of hydrogen-bond acceptors (Lipinski definition) is 2. The molecule has 0 radical (unpaired) electrons. The molecular formula is C32H52O2. The van der Waals surface area contributed by atoms with Crippen molar-refractivity contribution in [3.8, 4) is 0 Å². The molecule has 0 saturated heterocycles. The summed E-state index contributed by atoms with van der Waals surface area (Å²) < 4.78 is 5.86. The van der Waals surface area contributed by atoms with Crippen LogP contribution >= 0.6 is 0 Å². The molecule has 0 aromatic carbocycles. The summed E-state index contributed by atoms with van der Waals surface area (Å²) in [6.07, 6.45) is 15.9. The molecule has 8 atom stereocenters. The molecule has 5 aliphatic rings. The quantitative estimate of drug-likeness (QED) is 0.284. The fourth-order valence-electron chi connectivity index (χ4n) is 10.8. The van der Waals surface area contributed by atoms with Crippen molar-refractivity contribution in [3.05, 3.63) is 11.6 Å². The Morgan fingerprint density at radius 1 is 0.824 bits per heavy atom. The van der Waals surface area contributed by atoms with Crippen molar-refractivity contribution in [2.45, 2.75) is 133 Å². The van der Waals surface area contributed by atoms with Crippen LogP contribution in [0.1, 0.15) is 127 Å². The number of ether oxygens (including phenoxy) is 1. The molecule has 0 aromatic heterocycles. The SMILES string of the molecule is CC(=O)O[C@@H]1CC[C@@H]2C(=CC[C@@H]3[C@@]2(C)CC[C@@]2(C)[C@@H]4CC(C)(C)CC[C@]4(C)CC[C@]32C)C1(C)C. The van der Waals surface area contributed by atoms with Gasteiger partial charge in [0.1, 0.15) is 6.10 Å². The smallest absolute Gasteiger partial charge is 0.302 e. The fourth-order valence-corrected chi connectivity index (χ4v) is 10.8. The van der Waals surface area contributed by atoms with Crippen molar-refractivity contribution in [2.24, 2.45) is 50.2 Å². The molecule has 0 unspecified atom stereocenters. The summed E-state index contributed by atoms with van der Waals surface area (Å²) in [6, 6.07) is 0. The standard InChI is InChI=1S/C32H52O2/c1-21(33)34-26-13-11-23-22(28(26,4)5)10-12-24-30(23,7)17-19-32(9)25-20-27(2,3)14-15-29(25,6)16-18-31(24,32)8/h10,23-26H,11-20H2,1-9H3/t23-,24-,25-,26-,29-,30+,31-,32+/m1/s1. The van der Waals surface area contributed by atoms with E-state index in [2.05, 4.69) is 61.5 Å². The third kappa shape index (κ3) is 3.21. The van der Waals surface area contributed by atoms with E-state index in [4.69, 9.17) is 4.74 Å². The molecule has 2 nitrogen and oxygen atoms in total. The molecule has 0 N–H and O–H groups in total. The Hall–Kier alpha value is -0.790. The van der Waals surface area contributed by atoms with Crippen LogP contribution in [0.4, 0.5) is 0 Å². The van der Waals surface area contributed by atoms with Gasteiger partial charge in [-0.3, -0.25) is 4.79 Å². The lowest BCUT2D eigenvalue weighted by molar-refractivity contribution is -0.231. The Bertz CT molecular complexity index is 897. The van der Waals surface area contributed by atoms with Crippen molar-refractivity contribution < 1.29 is 9.53 Å². The summed E-state index contributed by atoms with van der Waals surface area (Å²) in [5.74, 6) is 2.14. The van der Waals surface area contributed by atoms with Crippen LogP contribution in [0, 0.1) is 50.2 Å². The van der Waals surface area contributed by atoms with Gasteiger partial charge in [-0.1, -0.05) is 67.0 Å². The Morgan fingerprint density at radius 2 is 1.44 bits per heavy atom. The molecule has 5 rings (SSSR count). The van der Waals surface area contributed by atoms with E-state index in [1.165, 1.54) is 57.8 Å². The van der Waals surface area contributed by atoms with E-state index < -0.39 is 0 Å². The summed E-state index contributed by atoms with van der Waals surface area (Å²) in [5, 5.41) is 0. The van der Waals surface area contributed by atoms with Gasteiger partial charge < -0.3 is 4.74 Å². The number of carbonyl (C=O) groups excluding carboxylic acids is 1. The normalized spacial score (nSPS) is 51.1. The number of allylic oxidation sites excluding steroid dienone is 1. The average molecular weight is 469 g/mol. The van der Waals surface area contributed by atoms with E-state index >= 15 is 0 Å². The monoisotopic (exact) mass is 468 g/mol. The predicted octanol–water partition coefficient (Wildman–Crippen LogP) is 8.74. The predicted molar refractivity (Wildman–Crippen MR) is 140 cm³/mol. The lowest BCUT2D eigenvalue weighted by atomic mass is 9.31. The van der Waals surface area contributed by atoms with Crippen LogP contribution in [-0.4, -0.2) is 12.1 Å². The lowest BCUT2D eigenvalue weighted by Crippen LogP contribution is -2.65. The first-order chi connectivity index (χ1) is 15.6. The van der Waals surface area contributed by atoms with Gasteiger partial charge in [-0.25, -0.2) is 0 Å². The van der Waals surface area contributed by atoms with Gasteiger partial charge in [0.2, 0.25) is 0 Å². The molecule has 0 bridgehead atoms. The molecule has 0 heterocycles. The molecule has 0 spiro atoms. The summed E-state index contributed by atoms with van der Waals surface area (Å²) in [4.78, 5) is 11.8. The molecule has 0 aliphatic heterocycles. The third-order valence-corrected chi connectivity index (χ3v) is 13.3. The maximum Gasteiger partial charge on any atom is 0.302 e. The van der Waals surface area contributed by atoms with Gasteiger partial charge in [-0.2, -0.15) is 0 Å². The number of fused-ring (bicyclic) bond motifs is 7. The van der Waals surface area contributed by atoms with E-state index in [0.717, 1.165) is 18.3 Å². The van der Waals surface area contributed by atoms with E-state index in [1.54, 1.807) is 12.5 Å². The number of carbonyl (C=O) groups is 1. The van der Waals surface area contributed by atoms with Crippen molar-refractivity contribution >= 4 is 5.97 Å². The van der Waals surface area contributed by atoms with Gasteiger partial charge in [0.25, 0.3) is 0 Å². The molecular weight excluding hydrogens is 416 g/mol. The maximum absolute atomic E-state index is 11.8. The van der Waals surface area contributed by atoms with E-state index in [9.17, 15) is 4.79 Å². The highest BCUT2D eigenvalue weighted by Gasteiger charge is 2.69. The minimum Gasteiger partial charge on any atom is -0.462 e. The molecule has 192 valence electrons. The van der Waals surface area contributed by atoms with Gasteiger partial charge in [0.15, 0.2) is 0 Å². The van der Waals surface area contributed by atoms with Crippen LogP contribution in [0.15, 0.2) is 11.6 Å². The Kier molecular flexibility index (Phi) is 5.40. The van der Waals surface area contributed by atoms with Gasteiger partial charge in [0.05, 0.1) is 0 Å². The number of rotatable bonds is 1. The summed E-state index contributed by atoms with van der Waals surface area (Å²) >= 11 is 0. The number of hydrogen-bond donors (Lipinski definition) is 0. The third-order valence-electron chi connectivity index (χ3n) is 13.3. The highest BCUT2D eigenvalue weighted by Crippen LogP contribution is 2.77.